The molecule has 0 fully saturated rings. The van der Waals surface area contributed by atoms with Crippen molar-refractivity contribution in [2.75, 3.05) is 13.7 Å². The van der Waals surface area contributed by atoms with Gasteiger partial charge in [0.25, 0.3) is 0 Å². The maximum Gasteiger partial charge on any atom is 0.0501 e. The number of hydrogen-bond donors (Lipinski definition) is 0. The second-order valence-electron chi connectivity index (χ2n) is 3.03. The summed E-state index contributed by atoms with van der Waals surface area (Å²) >= 11 is 0. The molecule has 0 saturated carbocycles. The normalized spacial score (nSPS) is 12.0. The first-order chi connectivity index (χ1) is 3.56. The Morgan fingerprint density at radius 2 is 1.88 bits per heavy atom. The van der Waals surface area contributed by atoms with E-state index in [2.05, 4.69) is 25.7 Å². The van der Waals surface area contributed by atoms with E-state index in [0.717, 1.165) is 6.61 Å². The highest BCUT2D eigenvalue weighted by molar-refractivity contribution is 6.79. The van der Waals surface area contributed by atoms with Gasteiger partial charge in [-0.25, -0.2) is 0 Å². The Morgan fingerprint density at radius 3 is 2.00 bits per heavy atom. The molecule has 2 heteroatoms. The van der Waals surface area contributed by atoms with Gasteiger partial charge in [0.15, 0.2) is 0 Å². The van der Waals surface area contributed by atoms with Gasteiger partial charge >= 0.3 is 0 Å². The molecule has 0 unspecified atom stereocenters. The van der Waals surface area contributed by atoms with E-state index in [9.17, 15) is 0 Å². The molecular formula is C6H15OSi. The van der Waals surface area contributed by atoms with Crippen LogP contribution < -0.4 is 0 Å². The Balaban J connectivity index is 3.11. The third-order valence-electron chi connectivity index (χ3n) is 0.862. The van der Waals surface area contributed by atoms with Crippen molar-refractivity contribution in [1.82, 2.24) is 0 Å². The smallest absolute Gasteiger partial charge is 0.0501 e. The molecule has 8 heavy (non-hydrogen) atoms. The Labute approximate surface area is 53.1 Å². The minimum Gasteiger partial charge on any atom is -0.385 e. The van der Waals surface area contributed by atoms with E-state index in [4.69, 9.17) is 4.74 Å². The van der Waals surface area contributed by atoms with Gasteiger partial charge in [0.1, 0.15) is 0 Å². The average Bonchev–Trinajstić information content (AvgIpc) is 1.59. The maximum atomic E-state index is 4.90. The second-order valence-corrected chi connectivity index (χ2v) is 8.17. The van der Waals surface area contributed by atoms with E-state index in [-0.39, 0.29) is 0 Å². The molecule has 0 bridgehead atoms. The monoisotopic (exact) mass is 131 g/mol. The SMILES string of the molecule is COC[CH][Si](C)(C)C. The van der Waals surface area contributed by atoms with Crippen LogP contribution in [0.1, 0.15) is 0 Å². The van der Waals surface area contributed by atoms with Crippen molar-refractivity contribution in [3.05, 3.63) is 6.04 Å². The van der Waals surface area contributed by atoms with Gasteiger partial charge in [0.2, 0.25) is 0 Å². The quantitative estimate of drug-likeness (QED) is 0.530. The zero-order chi connectivity index (χ0) is 6.62. The van der Waals surface area contributed by atoms with Crippen molar-refractivity contribution < 1.29 is 4.74 Å². The molecule has 0 aliphatic heterocycles. The molecule has 0 aliphatic carbocycles. The highest BCUT2D eigenvalue weighted by Gasteiger charge is 2.11. The Morgan fingerprint density at radius 1 is 1.38 bits per heavy atom. The first-order valence-corrected chi connectivity index (χ1v) is 6.47. The summed E-state index contributed by atoms with van der Waals surface area (Å²) in [5.41, 5.74) is 0. The minimum absolute atomic E-state index is 0.815. The number of ether oxygens (including phenoxy) is 1. The first-order valence-electron chi connectivity index (χ1n) is 2.89. The molecule has 0 rings (SSSR count). The van der Waals surface area contributed by atoms with E-state index in [1.54, 1.807) is 7.11 Å². The number of rotatable bonds is 3. The van der Waals surface area contributed by atoms with Gasteiger partial charge in [0.05, 0.1) is 8.07 Å². The Hall–Kier alpha value is 0.177. The highest BCUT2D eigenvalue weighted by atomic mass is 28.3. The van der Waals surface area contributed by atoms with E-state index in [1.165, 1.54) is 0 Å². The van der Waals surface area contributed by atoms with Gasteiger partial charge in [-0.1, -0.05) is 19.6 Å². The van der Waals surface area contributed by atoms with Crippen LogP contribution in [0.5, 0.6) is 0 Å². The van der Waals surface area contributed by atoms with E-state index in [1.807, 2.05) is 0 Å². The lowest BCUT2D eigenvalue weighted by Crippen LogP contribution is -2.23. The molecule has 0 spiro atoms. The summed E-state index contributed by atoms with van der Waals surface area (Å²) in [4.78, 5) is 0. The molecule has 0 amide bonds. The summed E-state index contributed by atoms with van der Waals surface area (Å²) in [6.07, 6.45) is 0. The summed E-state index contributed by atoms with van der Waals surface area (Å²) < 4.78 is 4.90. The summed E-state index contributed by atoms with van der Waals surface area (Å²) in [5.74, 6) is 0. The van der Waals surface area contributed by atoms with Crippen LogP contribution in [0, 0.1) is 6.04 Å². The second kappa shape index (κ2) is 3.25. The van der Waals surface area contributed by atoms with Crippen molar-refractivity contribution in [2.24, 2.45) is 0 Å². The number of methoxy groups -OCH3 is 1. The molecule has 0 aromatic carbocycles. The van der Waals surface area contributed by atoms with Crippen molar-refractivity contribution in [3.63, 3.8) is 0 Å². The van der Waals surface area contributed by atoms with Crippen molar-refractivity contribution in [3.8, 4) is 0 Å². The van der Waals surface area contributed by atoms with E-state index < -0.39 is 8.07 Å². The molecule has 0 aromatic heterocycles. The van der Waals surface area contributed by atoms with Crippen LogP contribution in [0.2, 0.25) is 19.6 Å². The zero-order valence-electron chi connectivity index (χ0n) is 6.19. The third-order valence-corrected chi connectivity index (χ3v) is 2.25. The Kier molecular flexibility index (Phi) is 3.32. The van der Waals surface area contributed by atoms with Gasteiger partial charge < -0.3 is 4.74 Å². The van der Waals surface area contributed by atoms with Crippen molar-refractivity contribution in [2.45, 2.75) is 19.6 Å². The van der Waals surface area contributed by atoms with Gasteiger partial charge in [-0.05, 0) is 6.04 Å². The molecule has 0 N–H and O–H groups in total. The van der Waals surface area contributed by atoms with Crippen LogP contribution in [-0.4, -0.2) is 21.8 Å². The molecule has 1 radical (unpaired) electrons. The van der Waals surface area contributed by atoms with E-state index >= 15 is 0 Å². The van der Waals surface area contributed by atoms with Gasteiger partial charge in [-0.3, -0.25) is 0 Å². The average molecular weight is 131 g/mol. The van der Waals surface area contributed by atoms with Gasteiger partial charge in [-0.15, -0.1) is 0 Å². The summed E-state index contributed by atoms with van der Waals surface area (Å²) in [5, 5.41) is 0. The largest absolute Gasteiger partial charge is 0.385 e. The molecule has 0 aliphatic rings. The van der Waals surface area contributed by atoms with Crippen LogP contribution in [0.3, 0.4) is 0 Å². The lowest BCUT2D eigenvalue weighted by molar-refractivity contribution is 0.228. The van der Waals surface area contributed by atoms with E-state index in [0.29, 0.717) is 0 Å². The van der Waals surface area contributed by atoms with Crippen LogP contribution in [0.15, 0.2) is 0 Å². The lowest BCUT2D eigenvalue weighted by Gasteiger charge is -2.13. The zero-order valence-corrected chi connectivity index (χ0v) is 7.19. The van der Waals surface area contributed by atoms with Crippen LogP contribution >= 0.6 is 0 Å². The van der Waals surface area contributed by atoms with Crippen molar-refractivity contribution in [1.29, 1.82) is 0 Å². The Bertz CT molecular complexity index is 56.0. The fourth-order valence-corrected chi connectivity index (χ4v) is 1.00. The van der Waals surface area contributed by atoms with Crippen LogP contribution in [-0.2, 0) is 4.74 Å². The predicted octanol–water partition coefficient (Wildman–Crippen LogP) is 1.71. The molecule has 0 aromatic rings. The number of hydrogen-bond acceptors (Lipinski definition) is 1. The molecule has 49 valence electrons. The standard InChI is InChI=1S/C6H15OSi/c1-7-5-6-8(2,3)4/h6H,5H2,1-4H3. The van der Waals surface area contributed by atoms with Crippen LogP contribution in [0.25, 0.3) is 0 Å². The molecule has 1 nitrogen and oxygen atoms in total. The highest BCUT2D eigenvalue weighted by Crippen LogP contribution is 2.03. The topological polar surface area (TPSA) is 9.23 Å². The maximum absolute atomic E-state index is 4.90. The fourth-order valence-electron chi connectivity index (χ4n) is 0.333. The third kappa shape index (κ3) is 6.18. The molecule has 0 heterocycles. The van der Waals surface area contributed by atoms with Gasteiger partial charge in [0, 0.05) is 13.7 Å². The first kappa shape index (κ1) is 8.18. The summed E-state index contributed by atoms with van der Waals surface area (Å²) in [6.45, 7) is 7.71. The molecule has 0 saturated heterocycles. The van der Waals surface area contributed by atoms with Crippen molar-refractivity contribution >= 4 is 8.07 Å². The summed E-state index contributed by atoms with van der Waals surface area (Å²) in [7, 11) is 0.805. The predicted molar refractivity (Wildman–Crippen MR) is 39.5 cm³/mol. The molecule has 0 atom stereocenters. The fraction of sp³-hybridized carbons (Fsp3) is 0.833. The molecular weight excluding hydrogens is 116 g/mol. The van der Waals surface area contributed by atoms with Gasteiger partial charge in [-0.2, -0.15) is 0 Å². The lowest BCUT2D eigenvalue weighted by atomic mass is 10.9. The van der Waals surface area contributed by atoms with Crippen LogP contribution in [0.4, 0.5) is 0 Å². The summed E-state index contributed by atoms with van der Waals surface area (Å²) in [6, 6.07) is 2.28. The minimum atomic E-state index is -0.928.